The first-order chi connectivity index (χ1) is 8.27. The Hall–Kier alpha value is -1.75. The van der Waals surface area contributed by atoms with Crippen molar-refractivity contribution >= 4 is 0 Å². The van der Waals surface area contributed by atoms with Crippen LogP contribution < -0.4 is 0 Å². The lowest BCUT2D eigenvalue weighted by Gasteiger charge is -2.17. The predicted octanol–water partition coefficient (Wildman–Crippen LogP) is 3.90. The zero-order valence-electron chi connectivity index (χ0n) is 10.4. The first kappa shape index (κ1) is 11.7. The number of allylic oxidation sites excluding steroid dienone is 1. The maximum absolute atomic E-state index is 8.82. The average molecular weight is 227 g/mol. The molecule has 1 atom stereocenters. The molecule has 0 aromatic heterocycles. The van der Waals surface area contributed by atoms with Gasteiger partial charge in [0.25, 0.3) is 6.26 Å². The van der Waals surface area contributed by atoms with E-state index in [1.807, 2.05) is 12.3 Å². The van der Waals surface area contributed by atoms with Gasteiger partial charge < -0.3 is 4.74 Å². The van der Waals surface area contributed by atoms with E-state index in [0.717, 1.165) is 24.8 Å². The van der Waals surface area contributed by atoms with Crippen molar-refractivity contribution in [3.8, 4) is 6.26 Å². The molecule has 1 aromatic carbocycles. The summed E-state index contributed by atoms with van der Waals surface area (Å²) in [6, 6.07) is 8.26. The van der Waals surface area contributed by atoms with Crippen LogP contribution in [-0.4, -0.2) is 0 Å². The second-order valence-electron chi connectivity index (χ2n) is 4.43. The third kappa shape index (κ3) is 2.19. The summed E-state index contributed by atoms with van der Waals surface area (Å²) < 4.78 is 5.28. The molecular weight excluding hydrogens is 210 g/mol. The summed E-state index contributed by atoms with van der Waals surface area (Å²) in [6.07, 6.45) is 4.81. The zero-order chi connectivity index (χ0) is 12.3. The van der Waals surface area contributed by atoms with Gasteiger partial charge in [-0.15, -0.1) is 0 Å². The minimum atomic E-state index is -0.186. The molecule has 0 amide bonds. The fourth-order valence-electron chi connectivity index (χ4n) is 2.58. The van der Waals surface area contributed by atoms with E-state index < -0.39 is 0 Å². The first-order valence-electron chi connectivity index (χ1n) is 6.09. The van der Waals surface area contributed by atoms with Crippen LogP contribution in [0.2, 0.25) is 0 Å². The van der Waals surface area contributed by atoms with Crippen molar-refractivity contribution in [3.63, 3.8) is 0 Å². The summed E-state index contributed by atoms with van der Waals surface area (Å²) in [5, 5.41) is 8.82. The molecule has 1 aliphatic carbocycles. The molecule has 0 saturated heterocycles. The molecule has 88 valence electrons. The van der Waals surface area contributed by atoms with E-state index in [1.54, 1.807) is 0 Å². The van der Waals surface area contributed by atoms with Crippen molar-refractivity contribution in [2.24, 2.45) is 0 Å². The quantitative estimate of drug-likeness (QED) is 0.567. The maximum atomic E-state index is 8.82. The van der Waals surface area contributed by atoms with E-state index in [4.69, 9.17) is 10.00 Å². The summed E-state index contributed by atoms with van der Waals surface area (Å²) in [7, 11) is 0. The van der Waals surface area contributed by atoms with Crippen molar-refractivity contribution in [1.29, 1.82) is 5.26 Å². The van der Waals surface area contributed by atoms with Gasteiger partial charge in [-0.1, -0.05) is 36.8 Å². The highest BCUT2D eigenvalue weighted by atomic mass is 16.5. The maximum Gasteiger partial charge on any atom is 0.287 e. The second kappa shape index (κ2) is 5.05. The predicted molar refractivity (Wildman–Crippen MR) is 67.2 cm³/mol. The molecule has 0 bridgehead atoms. The van der Waals surface area contributed by atoms with E-state index >= 15 is 0 Å². The molecule has 0 radical (unpaired) electrons. The lowest BCUT2D eigenvalue weighted by molar-refractivity contribution is 0.196. The van der Waals surface area contributed by atoms with Crippen molar-refractivity contribution in [1.82, 2.24) is 0 Å². The molecule has 1 unspecified atom stereocenters. The molecule has 0 N–H and O–H groups in total. The van der Waals surface area contributed by atoms with E-state index in [-0.39, 0.29) is 6.10 Å². The SMILES string of the molecule is CCC1=C(C)C(OC#N)c2ccccc2CC1. The topological polar surface area (TPSA) is 33.0 Å². The van der Waals surface area contributed by atoms with Gasteiger partial charge in [0.05, 0.1) is 0 Å². The summed E-state index contributed by atoms with van der Waals surface area (Å²) in [5.41, 5.74) is 5.08. The highest BCUT2D eigenvalue weighted by Gasteiger charge is 2.23. The first-order valence-corrected chi connectivity index (χ1v) is 6.09. The molecule has 0 fully saturated rings. The molecule has 1 aliphatic rings. The second-order valence-corrected chi connectivity index (χ2v) is 4.43. The Kier molecular flexibility index (Phi) is 3.49. The number of hydrogen-bond donors (Lipinski definition) is 0. The number of nitriles is 1. The van der Waals surface area contributed by atoms with Crippen LogP contribution in [0.15, 0.2) is 35.4 Å². The Morgan fingerprint density at radius 3 is 2.82 bits per heavy atom. The number of rotatable bonds is 2. The van der Waals surface area contributed by atoms with E-state index in [9.17, 15) is 0 Å². The fourth-order valence-corrected chi connectivity index (χ4v) is 2.58. The third-order valence-electron chi connectivity index (χ3n) is 3.58. The van der Waals surface area contributed by atoms with Crippen LogP contribution in [0, 0.1) is 11.5 Å². The summed E-state index contributed by atoms with van der Waals surface area (Å²) in [4.78, 5) is 0. The van der Waals surface area contributed by atoms with E-state index in [0.29, 0.717) is 0 Å². The van der Waals surface area contributed by atoms with Gasteiger partial charge in [0.1, 0.15) is 0 Å². The Labute approximate surface area is 103 Å². The number of nitrogens with zero attached hydrogens (tertiary/aromatic N) is 1. The number of fused-ring (bicyclic) bond motifs is 1. The largest absolute Gasteiger partial charge is 0.415 e. The van der Waals surface area contributed by atoms with Crippen LogP contribution in [0.1, 0.15) is 43.9 Å². The molecule has 0 heterocycles. The Balaban J connectivity index is 2.50. The van der Waals surface area contributed by atoms with Gasteiger partial charge in [0.2, 0.25) is 0 Å². The van der Waals surface area contributed by atoms with Gasteiger partial charge in [-0.2, -0.15) is 5.26 Å². The Morgan fingerprint density at radius 2 is 2.12 bits per heavy atom. The zero-order valence-corrected chi connectivity index (χ0v) is 10.4. The lowest BCUT2D eigenvalue weighted by atomic mass is 9.97. The van der Waals surface area contributed by atoms with Gasteiger partial charge in [0, 0.05) is 5.56 Å². The van der Waals surface area contributed by atoms with Crippen LogP contribution in [0.5, 0.6) is 0 Å². The number of hydrogen-bond acceptors (Lipinski definition) is 2. The smallest absolute Gasteiger partial charge is 0.287 e. The monoisotopic (exact) mass is 227 g/mol. The molecule has 0 saturated carbocycles. The molecule has 2 nitrogen and oxygen atoms in total. The molecule has 0 spiro atoms. The van der Waals surface area contributed by atoms with Gasteiger partial charge in [0.15, 0.2) is 6.10 Å². The van der Waals surface area contributed by atoms with Crippen molar-refractivity contribution in [3.05, 3.63) is 46.5 Å². The van der Waals surface area contributed by atoms with Gasteiger partial charge >= 0.3 is 0 Å². The van der Waals surface area contributed by atoms with Crippen LogP contribution >= 0.6 is 0 Å². The van der Waals surface area contributed by atoms with Gasteiger partial charge in [-0.25, -0.2) is 0 Å². The number of ether oxygens (including phenoxy) is 1. The average Bonchev–Trinajstić information content (AvgIpc) is 2.49. The number of aryl methyl sites for hydroxylation is 1. The summed E-state index contributed by atoms with van der Waals surface area (Å²) >= 11 is 0. The highest BCUT2D eigenvalue weighted by molar-refractivity contribution is 5.38. The number of benzene rings is 1. The van der Waals surface area contributed by atoms with E-state index in [2.05, 4.69) is 32.0 Å². The van der Waals surface area contributed by atoms with Crippen molar-refractivity contribution in [2.45, 2.75) is 39.2 Å². The molecule has 2 heteroatoms. The normalized spacial score (nSPS) is 19.2. The third-order valence-corrected chi connectivity index (χ3v) is 3.58. The lowest BCUT2D eigenvalue weighted by Crippen LogP contribution is -2.05. The van der Waals surface area contributed by atoms with Crippen LogP contribution in [-0.2, 0) is 11.2 Å². The molecule has 1 aromatic rings. The van der Waals surface area contributed by atoms with E-state index in [1.165, 1.54) is 16.7 Å². The molecule has 2 rings (SSSR count). The standard InChI is InChI=1S/C15H17NO/c1-3-12-8-9-13-6-4-5-7-14(13)15(11(12)2)17-10-16/h4-7,15H,3,8-9H2,1-2H3. The van der Waals surface area contributed by atoms with Crippen molar-refractivity contribution < 1.29 is 4.74 Å². The minimum Gasteiger partial charge on any atom is -0.415 e. The van der Waals surface area contributed by atoms with Crippen LogP contribution in [0.25, 0.3) is 0 Å². The summed E-state index contributed by atoms with van der Waals surface area (Å²) in [6.45, 7) is 4.25. The highest BCUT2D eigenvalue weighted by Crippen LogP contribution is 2.36. The molecule has 0 aliphatic heterocycles. The van der Waals surface area contributed by atoms with Crippen LogP contribution in [0.4, 0.5) is 0 Å². The Bertz CT molecular complexity index is 482. The summed E-state index contributed by atoms with van der Waals surface area (Å²) in [5.74, 6) is 0. The molecular formula is C15H17NO. The molecule has 17 heavy (non-hydrogen) atoms. The van der Waals surface area contributed by atoms with Crippen LogP contribution in [0.3, 0.4) is 0 Å². The fraction of sp³-hybridized carbons (Fsp3) is 0.400. The minimum absolute atomic E-state index is 0.186. The van der Waals surface area contributed by atoms with Crippen molar-refractivity contribution in [2.75, 3.05) is 0 Å². The van der Waals surface area contributed by atoms with Gasteiger partial charge in [-0.05, 0) is 37.3 Å². The van der Waals surface area contributed by atoms with Gasteiger partial charge in [-0.3, -0.25) is 0 Å². The Morgan fingerprint density at radius 1 is 1.35 bits per heavy atom.